The van der Waals surface area contributed by atoms with Crippen molar-refractivity contribution in [2.75, 3.05) is 26.7 Å². The highest BCUT2D eigenvalue weighted by Crippen LogP contribution is 2.22. The molecule has 21 heavy (non-hydrogen) atoms. The first kappa shape index (κ1) is 16.0. The molecular weight excluding hydrogens is 269 g/mol. The molecule has 0 saturated carbocycles. The number of nitrogens with zero attached hydrogens (tertiary/aromatic N) is 1. The minimum atomic E-state index is -0.481. The maximum atomic E-state index is 13.6. The summed E-state index contributed by atoms with van der Waals surface area (Å²) in [6.45, 7) is 4.53. The second-order valence-electron chi connectivity index (χ2n) is 5.78. The second kappa shape index (κ2) is 7.55. The molecule has 0 unspecified atom stereocenters. The number of hydrogen-bond acceptors (Lipinski definition) is 3. The lowest BCUT2D eigenvalue weighted by Gasteiger charge is -2.31. The summed E-state index contributed by atoms with van der Waals surface area (Å²) >= 11 is 0. The van der Waals surface area contributed by atoms with Gasteiger partial charge in [0, 0.05) is 5.56 Å². The van der Waals surface area contributed by atoms with Gasteiger partial charge in [-0.25, -0.2) is 4.39 Å². The number of hydrogen-bond donors (Lipinski definition) is 0. The van der Waals surface area contributed by atoms with Gasteiger partial charge < -0.3 is 4.74 Å². The number of Topliss-reactive ketones (excluding diaryl/α,β-unsaturated/α-hetero) is 1. The predicted octanol–water partition coefficient (Wildman–Crippen LogP) is 3.53. The van der Waals surface area contributed by atoms with Gasteiger partial charge in [0.25, 0.3) is 0 Å². The van der Waals surface area contributed by atoms with Crippen molar-refractivity contribution in [2.45, 2.75) is 32.6 Å². The zero-order valence-electron chi connectivity index (χ0n) is 12.9. The molecule has 1 aliphatic rings. The Bertz CT molecular complexity index is 482. The van der Waals surface area contributed by atoms with Crippen LogP contribution in [0.3, 0.4) is 0 Å². The van der Waals surface area contributed by atoms with Gasteiger partial charge in [-0.05, 0) is 50.0 Å². The molecule has 1 saturated heterocycles. The van der Waals surface area contributed by atoms with Crippen LogP contribution in [0.25, 0.3) is 0 Å². The third kappa shape index (κ3) is 4.27. The molecule has 0 spiro atoms. The van der Waals surface area contributed by atoms with Gasteiger partial charge in [0.2, 0.25) is 0 Å². The van der Waals surface area contributed by atoms with E-state index in [0.29, 0.717) is 12.1 Å². The number of ether oxygens (including phenoxy) is 1. The Morgan fingerprint density at radius 2 is 2.10 bits per heavy atom. The van der Waals surface area contributed by atoms with Crippen LogP contribution in [0.5, 0.6) is 5.75 Å². The van der Waals surface area contributed by atoms with Crippen LogP contribution in [0.2, 0.25) is 0 Å². The van der Waals surface area contributed by atoms with E-state index in [9.17, 15) is 9.18 Å². The summed E-state index contributed by atoms with van der Waals surface area (Å²) in [5.74, 6) is 0.474. The maximum Gasteiger partial charge on any atom is 0.176 e. The first-order valence-corrected chi connectivity index (χ1v) is 7.73. The van der Waals surface area contributed by atoms with Gasteiger partial charge >= 0.3 is 0 Å². The van der Waals surface area contributed by atoms with Crippen LogP contribution in [0.1, 0.15) is 43.0 Å². The molecule has 0 aromatic heterocycles. The summed E-state index contributed by atoms with van der Waals surface area (Å²) in [5.41, 5.74) is 0.420. The normalized spacial score (nSPS) is 16.9. The van der Waals surface area contributed by atoms with Crippen molar-refractivity contribution in [1.82, 2.24) is 4.90 Å². The third-order valence-corrected chi connectivity index (χ3v) is 4.25. The molecule has 116 valence electrons. The van der Waals surface area contributed by atoms with Crippen LogP contribution in [0, 0.1) is 11.7 Å². The average molecular weight is 293 g/mol. The SMILES string of the molecule is CCCC1CCN(CC(=O)c2ccc(OC)c(F)c2)CC1. The Morgan fingerprint density at radius 1 is 1.38 bits per heavy atom. The Kier molecular flexibility index (Phi) is 5.74. The first-order chi connectivity index (χ1) is 10.1. The smallest absolute Gasteiger partial charge is 0.176 e. The summed E-state index contributed by atoms with van der Waals surface area (Å²) in [4.78, 5) is 14.4. The van der Waals surface area contributed by atoms with Gasteiger partial charge in [-0.2, -0.15) is 0 Å². The number of carbonyl (C=O) groups is 1. The van der Waals surface area contributed by atoms with Crippen molar-refractivity contribution in [3.05, 3.63) is 29.6 Å². The molecule has 3 nitrogen and oxygen atoms in total. The van der Waals surface area contributed by atoms with Crippen molar-refractivity contribution >= 4 is 5.78 Å². The largest absolute Gasteiger partial charge is 0.494 e. The van der Waals surface area contributed by atoms with Gasteiger partial charge in [-0.3, -0.25) is 9.69 Å². The summed E-state index contributed by atoms with van der Waals surface area (Å²) in [6.07, 6.45) is 4.84. The maximum absolute atomic E-state index is 13.6. The minimum absolute atomic E-state index is 0.0227. The molecule has 0 atom stereocenters. The predicted molar refractivity (Wildman–Crippen MR) is 81.4 cm³/mol. The lowest BCUT2D eigenvalue weighted by molar-refractivity contribution is 0.0892. The van der Waals surface area contributed by atoms with Crippen LogP contribution in [-0.2, 0) is 0 Å². The van der Waals surface area contributed by atoms with Crippen molar-refractivity contribution in [2.24, 2.45) is 5.92 Å². The molecule has 0 N–H and O–H groups in total. The quantitative estimate of drug-likeness (QED) is 0.751. The second-order valence-corrected chi connectivity index (χ2v) is 5.78. The molecule has 0 amide bonds. The molecule has 1 aliphatic heterocycles. The number of piperidine rings is 1. The van der Waals surface area contributed by atoms with Crippen molar-refractivity contribution in [1.29, 1.82) is 0 Å². The molecule has 0 bridgehead atoms. The number of carbonyl (C=O) groups excluding carboxylic acids is 1. The van der Waals surface area contributed by atoms with Crippen LogP contribution in [0.15, 0.2) is 18.2 Å². The van der Waals surface area contributed by atoms with E-state index < -0.39 is 5.82 Å². The number of methoxy groups -OCH3 is 1. The van der Waals surface area contributed by atoms with E-state index in [0.717, 1.165) is 31.8 Å². The van der Waals surface area contributed by atoms with Gasteiger partial charge in [0.05, 0.1) is 13.7 Å². The number of ketones is 1. The highest BCUT2D eigenvalue weighted by molar-refractivity contribution is 5.97. The van der Waals surface area contributed by atoms with E-state index in [-0.39, 0.29) is 11.5 Å². The van der Waals surface area contributed by atoms with Crippen LogP contribution in [0.4, 0.5) is 4.39 Å². The van der Waals surface area contributed by atoms with Gasteiger partial charge in [-0.1, -0.05) is 19.8 Å². The Morgan fingerprint density at radius 3 is 2.67 bits per heavy atom. The fourth-order valence-corrected chi connectivity index (χ4v) is 2.98. The molecule has 1 heterocycles. The lowest BCUT2D eigenvalue weighted by Crippen LogP contribution is -2.37. The van der Waals surface area contributed by atoms with Crippen LogP contribution in [-0.4, -0.2) is 37.4 Å². The highest BCUT2D eigenvalue weighted by atomic mass is 19.1. The molecule has 2 rings (SSSR count). The lowest BCUT2D eigenvalue weighted by atomic mass is 9.92. The van der Waals surface area contributed by atoms with Gasteiger partial charge in [0.15, 0.2) is 17.3 Å². The Hall–Kier alpha value is -1.42. The molecule has 1 fully saturated rings. The summed E-state index contributed by atoms with van der Waals surface area (Å²) in [6, 6.07) is 4.41. The highest BCUT2D eigenvalue weighted by Gasteiger charge is 2.21. The standard InChI is InChI=1S/C17H24FNO2/c1-3-4-13-7-9-19(10-8-13)12-16(20)14-5-6-17(21-2)15(18)11-14/h5-6,11,13H,3-4,7-10,12H2,1-2H3. The van der Waals surface area contributed by atoms with Crippen molar-refractivity contribution < 1.29 is 13.9 Å². The molecule has 0 radical (unpaired) electrons. The number of likely N-dealkylation sites (tertiary alicyclic amines) is 1. The first-order valence-electron chi connectivity index (χ1n) is 7.73. The Balaban J connectivity index is 1.89. The minimum Gasteiger partial charge on any atom is -0.494 e. The number of rotatable bonds is 6. The van der Waals surface area contributed by atoms with E-state index in [1.165, 1.54) is 32.1 Å². The monoisotopic (exact) mass is 293 g/mol. The van der Waals surface area contributed by atoms with Crippen LogP contribution < -0.4 is 4.74 Å². The molecule has 4 heteroatoms. The fourth-order valence-electron chi connectivity index (χ4n) is 2.98. The third-order valence-electron chi connectivity index (χ3n) is 4.25. The fraction of sp³-hybridized carbons (Fsp3) is 0.588. The summed E-state index contributed by atoms with van der Waals surface area (Å²) < 4.78 is 18.5. The van der Waals surface area contributed by atoms with Crippen molar-refractivity contribution in [3.63, 3.8) is 0 Å². The van der Waals surface area contributed by atoms with E-state index in [4.69, 9.17) is 4.74 Å². The molecule has 1 aromatic rings. The van der Waals surface area contributed by atoms with E-state index in [2.05, 4.69) is 11.8 Å². The van der Waals surface area contributed by atoms with Crippen LogP contribution >= 0.6 is 0 Å². The number of halogens is 1. The van der Waals surface area contributed by atoms with E-state index in [1.807, 2.05) is 0 Å². The van der Waals surface area contributed by atoms with E-state index in [1.54, 1.807) is 6.07 Å². The topological polar surface area (TPSA) is 29.5 Å². The zero-order chi connectivity index (χ0) is 15.2. The summed E-state index contributed by atoms with van der Waals surface area (Å²) in [7, 11) is 1.42. The molecular formula is C17H24FNO2. The van der Waals surface area contributed by atoms with E-state index >= 15 is 0 Å². The average Bonchev–Trinajstić information content (AvgIpc) is 2.49. The van der Waals surface area contributed by atoms with Gasteiger partial charge in [0.1, 0.15) is 0 Å². The molecule has 1 aromatic carbocycles. The Labute approximate surface area is 126 Å². The molecule has 0 aliphatic carbocycles. The number of benzene rings is 1. The van der Waals surface area contributed by atoms with Gasteiger partial charge in [-0.15, -0.1) is 0 Å². The summed E-state index contributed by atoms with van der Waals surface area (Å²) in [5, 5.41) is 0. The van der Waals surface area contributed by atoms with Crippen molar-refractivity contribution in [3.8, 4) is 5.75 Å². The zero-order valence-corrected chi connectivity index (χ0v) is 12.9.